The van der Waals surface area contributed by atoms with Crippen molar-refractivity contribution in [2.45, 2.75) is 19.9 Å². The number of hydrogen-bond acceptors (Lipinski definition) is 5. The third kappa shape index (κ3) is 3.41. The van der Waals surface area contributed by atoms with Crippen LogP contribution in [0.25, 0.3) is 0 Å². The molecule has 0 radical (unpaired) electrons. The van der Waals surface area contributed by atoms with Crippen LogP contribution in [0.4, 0.5) is 0 Å². The SMILES string of the molecule is Cc1ccc(C(=O)N2CCOC[C@]3(CCN(Cc4nccn4C)C3)C2)o1. The maximum Gasteiger partial charge on any atom is 0.289 e. The lowest BCUT2D eigenvalue weighted by molar-refractivity contribution is 0.0622. The molecule has 0 bridgehead atoms. The summed E-state index contributed by atoms with van der Waals surface area (Å²) < 4.78 is 13.5. The van der Waals surface area contributed by atoms with Gasteiger partial charge in [-0.05, 0) is 32.0 Å². The molecule has 0 aromatic carbocycles. The van der Waals surface area contributed by atoms with Gasteiger partial charge in [0, 0.05) is 44.5 Å². The van der Waals surface area contributed by atoms with E-state index in [1.165, 1.54) is 0 Å². The van der Waals surface area contributed by atoms with Gasteiger partial charge in [-0.15, -0.1) is 0 Å². The minimum absolute atomic E-state index is 0.0149. The first kappa shape index (κ1) is 17.3. The second kappa shape index (κ2) is 6.89. The van der Waals surface area contributed by atoms with Gasteiger partial charge in [-0.2, -0.15) is 0 Å². The Labute approximate surface area is 153 Å². The van der Waals surface area contributed by atoms with Gasteiger partial charge in [0.25, 0.3) is 5.91 Å². The molecule has 2 aliphatic heterocycles. The predicted molar refractivity (Wildman–Crippen MR) is 95.7 cm³/mol. The molecule has 2 saturated heterocycles. The van der Waals surface area contributed by atoms with Crippen LogP contribution in [0.5, 0.6) is 0 Å². The molecule has 4 heterocycles. The zero-order valence-electron chi connectivity index (χ0n) is 15.5. The number of likely N-dealkylation sites (tertiary alicyclic amines) is 1. The highest BCUT2D eigenvalue weighted by molar-refractivity contribution is 5.91. The van der Waals surface area contributed by atoms with E-state index in [1.807, 2.05) is 37.3 Å². The Morgan fingerprint density at radius 3 is 2.92 bits per heavy atom. The monoisotopic (exact) mass is 358 g/mol. The highest BCUT2D eigenvalue weighted by Crippen LogP contribution is 2.34. The molecule has 2 fully saturated rings. The molecular weight excluding hydrogens is 332 g/mol. The van der Waals surface area contributed by atoms with Gasteiger partial charge in [-0.3, -0.25) is 9.69 Å². The Morgan fingerprint density at radius 2 is 2.19 bits per heavy atom. The molecule has 7 heteroatoms. The number of imidazole rings is 1. The van der Waals surface area contributed by atoms with Gasteiger partial charge in [0.05, 0.1) is 19.8 Å². The van der Waals surface area contributed by atoms with Crippen molar-refractivity contribution in [1.82, 2.24) is 19.4 Å². The average Bonchev–Trinajstić information content (AvgIpc) is 3.28. The van der Waals surface area contributed by atoms with Crippen molar-refractivity contribution < 1.29 is 13.9 Å². The molecule has 1 spiro atoms. The molecule has 0 unspecified atom stereocenters. The van der Waals surface area contributed by atoms with Crippen molar-refractivity contribution in [2.24, 2.45) is 12.5 Å². The van der Waals surface area contributed by atoms with Gasteiger partial charge in [0.15, 0.2) is 5.76 Å². The highest BCUT2D eigenvalue weighted by atomic mass is 16.5. The normalized spacial score (nSPS) is 24.3. The van der Waals surface area contributed by atoms with E-state index in [4.69, 9.17) is 9.15 Å². The number of aromatic nitrogens is 2. The summed E-state index contributed by atoms with van der Waals surface area (Å²) in [5.41, 5.74) is -0.0149. The number of carbonyl (C=O) groups is 1. The number of amides is 1. The molecule has 0 N–H and O–H groups in total. The highest BCUT2D eigenvalue weighted by Gasteiger charge is 2.42. The Morgan fingerprint density at radius 1 is 1.31 bits per heavy atom. The summed E-state index contributed by atoms with van der Waals surface area (Å²) in [5, 5.41) is 0. The quantitative estimate of drug-likeness (QED) is 0.835. The van der Waals surface area contributed by atoms with E-state index >= 15 is 0 Å². The summed E-state index contributed by atoms with van der Waals surface area (Å²) in [6, 6.07) is 3.60. The van der Waals surface area contributed by atoms with Crippen LogP contribution in [0.15, 0.2) is 28.9 Å². The smallest absolute Gasteiger partial charge is 0.289 e. The van der Waals surface area contributed by atoms with Gasteiger partial charge >= 0.3 is 0 Å². The summed E-state index contributed by atoms with van der Waals surface area (Å²) in [6.45, 7) is 7.20. The molecule has 26 heavy (non-hydrogen) atoms. The Bertz CT molecular complexity index is 783. The van der Waals surface area contributed by atoms with E-state index in [0.29, 0.717) is 32.1 Å². The van der Waals surface area contributed by atoms with Crippen LogP contribution in [0.2, 0.25) is 0 Å². The van der Waals surface area contributed by atoms with E-state index in [1.54, 1.807) is 6.07 Å². The molecule has 0 aliphatic carbocycles. The zero-order valence-corrected chi connectivity index (χ0v) is 15.5. The van der Waals surface area contributed by atoms with Crippen LogP contribution < -0.4 is 0 Å². The Balaban J connectivity index is 1.45. The molecular formula is C19H26N4O3. The maximum absolute atomic E-state index is 12.8. The standard InChI is InChI=1S/C19H26N4O3/c1-15-3-4-16(26-15)18(24)23-9-10-25-14-19(13-23)5-7-22(12-19)11-17-20-6-8-21(17)2/h3-4,6,8H,5,7,9-14H2,1-2H3/t19-/m0/s1. The van der Waals surface area contributed by atoms with Gasteiger partial charge in [0.1, 0.15) is 11.6 Å². The third-order valence-electron chi connectivity index (χ3n) is 5.48. The molecule has 2 aliphatic rings. The number of furan rings is 1. The van der Waals surface area contributed by atoms with Crippen LogP contribution in [-0.2, 0) is 18.3 Å². The minimum atomic E-state index is -0.0365. The van der Waals surface area contributed by atoms with E-state index in [-0.39, 0.29) is 11.3 Å². The molecule has 2 aromatic rings. The number of aryl methyl sites for hydroxylation is 2. The van der Waals surface area contributed by atoms with E-state index in [2.05, 4.69) is 14.5 Å². The fraction of sp³-hybridized carbons (Fsp3) is 0.579. The number of hydrogen-bond donors (Lipinski definition) is 0. The molecule has 7 nitrogen and oxygen atoms in total. The summed E-state index contributed by atoms with van der Waals surface area (Å²) in [5.74, 6) is 2.21. The van der Waals surface area contributed by atoms with Gasteiger partial charge in [-0.1, -0.05) is 0 Å². The van der Waals surface area contributed by atoms with E-state index < -0.39 is 0 Å². The summed E-state index contributed by atoms with van der Waals surface area (Å²) >= 11 is 0. The summed E-state index contributed by atoms with van der Waals surface area (Å²) in [7, 11) is 2.02. The first-order valence-corrected chi connectivity index (χ1v) is 9.17. The van der Waals surface area contributed by atoms with Crippen molar-refractivity contribution in [3.63, 3.8) is 0 Å². The number of ether oxygens (including phenoxy) is 1. The number of rotatable bonds is 3. The van der Waals surface area contributed by atoms with Crippen molar-refractivity contribution in [1.29, 1.82) is 0 Å². The van der Waals surface area contributed by atoms with Gasteiger partial charge < -0.3 is 18.6 Å². The largest absolute Gasteiger partial charge is 0.456 e. The second-order valence-electron chi connectivity index (χ2n) is 7.60. The third-order valence-corrected chi connectivity index (χ3v) is 5.48. The average molecular weight is 358 g/mol. The first-order valence-electron chi connectivity index (χ1n) is 9.17. The Hall–Kier alpha value is -2.12. The molecule has 1 amide bonds. The zero-order chi connectivity index (χ0) is 18.1. The fourth-order valence-corrected chi connectivity index (χ4v) is 4.03. The lowest BCUT2D eigenvalue weighted by Crippen LogP contribution is -2.43. The van der Waals surface area contributed by atoms with Crippen LogP contribution in [-0.4, -0.2) is 64.7 Å². The number of carbonyl (C=O) groups excluding carboxylic acids is 1. The fourth-order valence-electron chi connectivity index (χ4n) is 4.03. The van der Waals surface area contributed by atoms with Crippen molar-refractivity contribution in [2.75, 3.05) is 39.4 Å². The molecule has 140 valence electrons. The lowest BCUT2D eigenvalue weighted by Gasteiger charge is -2.31. The van der Waals surface area contributed by atoms with Crippen molar-refractivity contribution >= 4 is 5.91 Å². The molecule has 2 aromatic heterocycles. The first-order chi connectivity index (χ1) is 12.5. The van der Waals surface area contributed by atoms with Crippen LogP contribution in [0, 0.1) is 12.3 Å². The maximum atomic E-state index is 12.8. The van der Waals surface area contributed by atoms with E-state index in [9.17, 15) is 4.79 Å². The van der Waals surface area contributed by atoms with Crippen LogP contribution in [0.3, 0.4) is 0 Å². The summed E-state index contributed by atoms with van der Waals surface area (Å²) in [6.07, 6.45) is 4.84. The topological polar surface area (TPSA) is 63.7 Å². The predicted octanol–water partition coefficient (Wildman–Crippen LogP) is 1.69. The number of nitrogens with zero attached hydrogens (tertiary/aromatic N) is 4. The van der Waals surface area contributed by atoms with Gasteiger partial charge in [-0.25, -0.2) is 4.98 Å². The lowest BCUT2D eigenvalue weighted by atomic mass is 9.87. The van der Waals surface area contributed by atoms with Gasteiger partial charge in [0.2, 0.25) is 0 Å². The van der Waals surface area contributed by atoms with E-state index in [0.717, 1.165) is 37.6 Å². The second-order valence-corrected chi connectivity index (χ2v) is 7.60. The molecule has 4 rings (SSSR count). The Kier molecular flexibility index (Phi) is 4.58. The van der Waals surface area contributed by atoms with Crippen molar-refractivity contribution in [3.8, 4) is 0 Å². The van der Waals surface area contributed by atoms with Crippen molar-refractivity contribution in [3.05, 3.63) is 41.9 Å². The summed E-state index contributed by atoms with van der Waals surface area (Å²) in [4.78, 5) is 21.6. The minimum Gasteiger partial charge on any atom is -0.456 e. The molecule has 1 atom stereocenters. The van der Waals surface area contributed by atoms with Crippen LogP contribution >= 0.6 is 0 Å². The van der Waals surface area contributed by atoms with Crippen LogP contribution in [0.1, 0.15) is 28.6 Å². The molecule has 0 saturated carbocycles.